The first kappa shape index (κ1) is 26.8. The second kappa shape index (κ2) is 13.3. The van der Waals surface area contributed by atoms with Crippen LogP contribution >= 0.6 is 0 Å². The van der Waals surface area contributed by atoms with Gasteiger partial charge in [-0.05, 0) is 61.4 Å². The molecule has 1 atom stereocenters. The van der Waals surface area contributed by atoms with Crippen molar-refractivity contribution < 1.29 is 14.3 Å². The highest BCUT2D eigenvalue weighted by Crippen LogP contribution is 2.33. The van der Waals surface area contributed by atoms with Crippen LogP contribution < -0.4 is 11.2 Å². The summed E-state index contributed by atoms with van der Waals surface area (Å²) in [5.41, 5.74) is 5.07. The Balaban J connectivity index is 1.89. The van der Waals surface area contributed by atoms with Crippen molar-refractivity contribution in [3.8, 4) is 0 Å². The summed E-state index contributed by atoms with van der Waals surface area (Å²) in [5.74, 6) is 4.99. The number of carbonyl (C=O) groups excluding carboxylic acids is 2. The normalized spacial score (nSPS) is 17.2. The van der Waals surface area contributed by atoms with E-state index in [-0.39, 0.29) is 18.4 Å². The van der Waals surface area contributed by atoms with Gasteiger partial charge in [0.1, 0.15) is 6.17 Å². The van der Waals surface area contributed by atoms with Gasteiger partial charge in [-0.1, -0.05) is 41.6 Å². The molecule has 1 aliphatic heterocycles. The number of hydrogen-bond donors (Lipinski definition) is 2. The van der Waals surface area contributed by atoms with Crippen LogP contribution in [0.25, 0.3) is 11.6 Å². The van der Waals surface area contributed by atoms with Crippen LogP contribution in [-0.2, 0) is 14.3 Å². The smallest absolute Gasteiger partial charge is 0.333 e. The fourth-order valence-corrected chi connectivity index (χ4v) is 4.38. The van der Waals surface area contributed by atoms with Gasteiger partial charge in [-0.15, -0.1) is 5.11 Å². The zero-order valence-corrected chi connectivity index (χ0v) is 20.9. The average Bonchev–Trinajstić information content (AvgIpc) is 3.07. The van der Waals surface area contributed by atoms with Crippen molar-refractivity contribution in [1.29, 1.82) is 0 Å². The van der Waals surface area contributed by atoms with Gasteiger partial charge >= 0.3 is 5.97 Å². The van der Waals surface area contributed by atoms with Crippen LogP contribution in [0.4, 0.5) is 5.69 Å². The molecule has 1 aromatic rings. The van der Waals surface area contributed by atoms with E-state index in [4.69, 9.17) is 10.6 Å². The summed E-state index contributed by atoms with van der Waals surface area (Å²) in [5, 5.41) is 13.8. The number of nitrogens with zero attached hydrogens (tertiary/aromatic N) is 4. The standard InChI is InChI=1S/C26H34N6O4/c1-3-13-32(14-5-12-28-35)25(33)22-15-21-11-10-20(16-23(21)29-24(17-22)30-31-27)18-6-8-19(9-7-18)26(34)36-4-2/h6,8,10-11,15-16,24,29H,3-5,7,9,12-14,17H2,1-2H3,(H2,27,30). The fraction of sp³-hybridized carbons (Fsp3) is 0.462. The number of allylic oxidation sites excluding steroid dienone is 3. The van der Waals surface area contributed by atoms with E-state index in [1.807, 2.05) is 43.4 Å². The number of fused-ring (bicyclic) bond motifs is 1. The number of hydrogen-bond acceptors (Lipinski definition) is 8. The topological polar surface area (TPSA) is 139 Å². The lowest BCUT2D eigenvalue weighted by atomic mass is 9.92. The molecule has 0 saturated heterocycles. The van der Waals surface area contributed by atoms with Crippen LogP contribution in [0.2, 0.25) is 0 Å². The molecule has 1 aliphatic carbocycles. The molecule has 3 rings (SSSR count). The first-order valence-corrected chi connectivity index (χ1v) is 12.4. The molecule has 0 saturated carbocycles. The van der Waals surface area contributed by atoms with Crippen molar-refractivity contribution in [1.82, 2.24) is 4.90 Å². The highest BCUT2D eigenvalue weighted by atomic mass is 16.5. The van der Waals surface area contributed by atoms with Gasteiger partial charge in [0.15, 0.2) is 0 Å². The van der Waals surface area contributed by atoms with Crippen LogP contribution in [0.5, 0.6) is 0 Å². The summed E-state index contributed by atoms with van der Waals surface area (Å²) in [6.45, 7) is 5.39. The summed E-state index contributed by atoms with van der Waals surface area (Å²) in [4.78, 5) is 37.7. The number of anilines is 1. The number of ether oxygens (including phenoxy) is 1. The maximum absolute atomic E-state index is 13.4. The maximum atomic E-state index is 13.4. The Labute approximate surface area is 211 Å². The number of rotatable bonds is 11. The second-order valence-electron chi connectivity index (χ2n) is 8.67. The van der Waals surface area contributed by atoms with Gasteiger partial charge in [-0.2, -0.15) is 4.91 Å². The van der Waals surface area contributed by atoms with Gasteiger partial charge in [0.05, 0.1) is 13.2 Å². The van der Waals surface area contributed by atoms with Crippen LogP contribution in [0, 0.1) is 4.91 Å². The molecular weight excluding hydrogens is 460 g/mol. The quantitative estimate of drug-likeness (QED) is 0.115. The summed E-state index contributed by atoms with van der Waals surface area (Å²) in [6.07, 6.45) is 8.14. The van der Waals surface area contributed by atoms with Crippen molar-refractivity contribution >= 4 is 29.2 Å². The Bertz CT molecular complexity index is 1090. The molecule has 2 aliphatic rings. The van der Waals surface area contributed by atoms with E-state index in [9.17, 15) is 14.5 Å². The van der Waals surface area contributed by atoms with Crippen molar-refractivity contribution in [3.63, 3.8) is 0 Å². The number of carbonyl (C=O) groups is 2. The molecule has 1 unspecified atom stereocenters. The van der Waals surface area contributed by atoms with E-state index in [0.717, 1.165) is 35.2 Å². The summed E-state index contributed by atoms with van der Waals surface area (Å²) in [6, 6.07) is 6.00. The van der Waals surface area contributed by atoms with E-state index < -0.39 is 6.17 Å². The molecule has 10 heteroatoms. The lowest BCUT2D eigenvalue weighted by molar-refractivity contribution is -0.138. The van der Waals surface area contributed by atoms with Crippen LogP contribution in [0.15, 0.2) is 57.0 Å². The third-order valence-corrected chi connectivity index (χ3v) is 6.12. The summed E-state index contributed by atoms with van der Waals surface area (Å²) in [7, 11) is 0. The van der Waals surface area contributed by atoms with Gasteiger partial charge in [0, 0.05) is 36.3 Å². The Kier molecular flexibility index (Phi) is 9.91. The lowest BCUT2D eigenvalue weighted by Gasteiger charge is -2.23. The monoisotopic (exact) mass is 494 g/mol. The fourth-order valence-electron chi connectivity index (χ4n) is 4.38. The van der Waals surface area contributed by atoms with Gasteiger partial charge in [-0.25, -0.2) is 4.79 Å². The third-order valence-electron chi connectivity index (χ3n) is 6.12. The Morgan fingerprint density at radius 2 is 2.00 bits per heavy atom. The number of amides is 1. The van der Waals surface area contributed by atoms with E-state index in [0.29, 0.717) is 50.1 Å². The molecule has 0 aromatic heterocycles. The lowest BCUT2D eigenvalue weighted by Crippen LogP contribution is -2.35. The predicted octanol–water partition coefficient (Wildman–Crippen LogP) is 4.60. The number of nitrogens with two attached hydrogens (primary N) is 1. The summed E-state index contributed by atoms with van der Waals surface area (Å²) >= 11 is 0. The van der Waals surface area contributed by atoms with E-state index in [1.165, 1.54) is 0 Å². The first-order valence-electron chi connectivity index (χ1n) is 12.4. The van der Waals surface area contributed by atoms with E-state index in [1.54, 1.807) is 11.8 Å². The number of esters is 1. The van der Waals surface area contributed by atoms with E-state index >= 15 is 0 Å². The minimum absolute atomic E-state index is 0.0923. The van der Waals surface area contributed by atoms with Gasteiger partial charge < -0.3 is 20.8 Å². The Morgan fingerprint density at radius 3 is 2.67 bits per heavy atom. The Morgan fingerprint density at radius 1 is 1.17 bits per heavy atom. The van der Waals surface area contributed by atoms with Crippen LogP contribution in [0.3, 0.4) is 0 Å². The van der Waals surface area contributed by atoms with Crippen LogP contribution in [-0.4, -0.2) is 49.2 Å². The highest BCUT2D eigenvalue weighted by molar-refractivity contribution is 5.99. The van der Waals surface area contributed by atoms with Crippen LogP contribution in [0.1, 0.15) is 57.1 Å². The van der Waals surface area contributed by atoms with Gasteiger partial charge in [0.25, 0.3) is 0 Å². The largest absolute Gasteiger partial charge is 0.463 e. The first-order chi connectivity index (χ1) is 17.5. The molecule has 1 heterocycles. The van der Waals surface area contributed by atoms with Gasteiger partial charge in [0.2, 0.25) is 5.91 Å². The highest BCUT2D eigenvalue weighted by Gasteiger charge is 2.25. The zero-order chi connectivity index (χ0) is 25.9. The predicted molar refractivity (Wildman–Crippen MR) is 140 cm³/mol. The van der Waals surface area contributed by atoms with E-state index in [2.05, 4.69) is 20.8 Å². The second-order valence-corrected chi connectivity index (χ2v) is 8.67. The molecule has 0 spiro atoms. The van der Waals surface area contributed by atoms with Crippen molar-refractivity contribution in [2.24, 2.45) is 21.4 Å². The Hall–Kier alpha value is -3.82. The SMILES string of the molecule is CCCN(CCCN=O)C(=O)C1=Cc2ccc(C3=CC=C(C(=O)OCC)CC3)cc2NC(N=NN)C1. The minimum Gasteiger partial charge on any atom is -0.463 e. The molecule has 10 nitrogen and oxygen atoms in total. The maximum Gasteiger partial charge on any atom is 0.333 e. The molecule has 0 radical (unpaired) electrons. The number of nitrogens with one attached hydrogen (secondary N) is 1. The molecule has 1 amide bonds. The van der Waals surface area contributed by atoms with Crippen molar-refractivity contribution in [3.05, 3.63) is 57.5 Å². The number of benzene rings is 1. The molecule has 0 bridgehead atoms. The minimum atomic E-state index is -0.502. The number of nitroso groups, excluding NO2 is 1. The average molecular weight is 495 g/mol. The zero-order valence-electron chi connectivity index (χ0n) is 20.9. The van der Waals surface area contributed by atoms with Gasteiger partial charge in [-0.3, -0.25) is 4.79 Å². The molecule has 3 N–H and O–H groups in total. The molecular formula is C26H34N6O4. The van der Waals surface area contributed by atoms with Crippen molar-refractivity contribution in [2.75, 3.05) is 31.6 Å². The molecule has 192 valence electrons. The molecule has 1 aromatic carbocycles. The summed E-state index contributed by atoms with van der Waals surface area (Å²) < 4.78 is 5.10. The molecule has 0 fully saturated rings. The molecule has 36 heavy (non-hydrogen) atoms. The third kappa shape index (κ3) is 6.87. The van der Waals surface area contributed by atoms with Crippen molar-refractivity contribution in [2.45, 2.75) is 52.1 Å².